The fourth-order valence-corrected chi connectivity index (χ4v) is 7.32. The summed E-state index contributed by atoms with van der Waals surface area (Å²) in [4.78, 5) is 13.0. The minimum absolute atomic E-state index is 0.110. The molecule has 48 heavy (non-hydrogen) atoms. The van der Waals surface area contributed by atoms with Crippen molar-refractivity contribution in [2.45, 2.75) is 265 Å². The van der Waals surface area contributed by atoms with Gasteiger partial charge in [-0.1, -0.05) is 252 Å². The van der Waals surface area contributed by atoms with Gasteiger partial charge in [0.25, 0.3) is 0 Å². The maximum Gasteiger partial charge on any atom is 0.333 e. The van der Waals surface area contributed by atoms with Gasteiger partial charge in [0.1, 0.15) is 0 Å². The molecule has 0 fully saturated rings. The molecule has 286 valence electrons. The second kappa shape index (κ2) is 40.6. The highest BCUT2D eigenvalue weighted by Crippen LogP contribution is 2.26. The maximum absolute atomic E-state index is 13.0. The highest BCUT2D eigenvalue weighted by atomic mass is 16.5. The Morgan fingerprint density at radius 3 is 0.875 bits per heavy atom. The summed E-state index contributed by atoms with van der Waals surface area (Å²) >= 11 is 0. The molecular formula is C46H90O2. The van der Waals surface area contributed by atoms with E-state index in [0.717, 1.165) is 24.8 Å². The van der Waals surface area contributed by atoms with Gasteiger partial charge in [-0.2, -0.15) is 0 Å². The monoisotopic (exact) mass is 675 g/mol. The summed E-state index contributed by atoms with van der Waals surface area (Å²) < 4.78 is 5.77. The van der Waals surface area contributed by atoms with Gasteiger partial charge in [-0.05, 0) is 25.2 Å². The van der Waals surface area contributed by atoms with Gasteiger partial charge in [0.05, 0.1) is 6.61 Å². The summed E-state index contributed by atoms with van der Waals surface area (Å²) in [7, 11) is 0. The van der Waals surface area contributed by atoms with Crippen LogP contribution in [0.3, 0.4) is 0 Å². The lowest BCUT2D eigenvalue weighted by Gasteiger charge is -2.19. The van der Waals surface area contributed by atoms with E-state index in [1.807, 2.05) is 0 Å². The first-order valence-electron chi connectivity index (χ1n) is 22.5. The minimum atomic E-state index is -0.110. The highest BCUT2D eigenvalue weighted by molar-refractivity contribution is 5.88. The van der Waals surface area contributed by atoms with Gasteiger partial charge < -0.3 is 4.74 Å². The van der Waals surface area contributed by atoms with E-state index in [2.05, 4.69) is 27.4 Å². The van der Waals surface area contributed by atoms with E-state index in [1.165, 1.54) is 225 Å². The lowest BCUT2D eigenvalue weighted by molar-refractivity contribution is -0.139. The second-order valence-electron chi connectivity index (χ2n) is 15.6. The van der Waals surface area contributed by atoms with Crippen molar-refractivity contribution in [3.8, 4) is 0 Å². The van der Waals surface area contributed by atoms with Crippen LogP contribution >= 0.6 is 0 Å². The summed E-state index contributed by atoms with van der Waals surface area (Å²) in [5.41, 5.74) is 0.763. The summed E-state index contributed by atoms with van der Waals surface area (Å²) in [5.74, 6) is 0.201. The number of rotatable bonds is 41. The molecule has 0 aromatic carbocycles. The van der Waals surface area contributed by atoms with E-state index in [1.54, 1.807) is 0 Å². The molecule has 0 aromatic rings. The Kier molecular flexibility index (Phi) is 40.0. The van der Waals surface area contributed by atoms with Crippen molar-refractivity contribution in [3.63, 3.8) is 0 Å². The van der Waals surface area contributed by atoms with Crippen molar-refractivity contribution >= 4 is 5.97 Å². The van der Waals surface area contributed by atoms with Gasteiger partial charge in [0.15, 0.2) is 0 Å². The van der Waals surface area contributed by atoms with Crippen LogP contribution in [0, 0.1) is 5.92 Å². The molecule has 0 amide bonds. The zero-order valence-electron chi connectivity index (χ0n) is 33.7. The Labute approximate surface area is 304 Å². The molecule has 0 aliphatic heterocycles. The molecular weight excluding hydrogens is 585 g/mol. The zero-order valence-corrected chi connectivity index (χ0v) is 33.7. The molecule has 0 rings (SSSR count). The van der Waals surface area contributed by atoms with Crippen LogP contribution in [0.2, 0.25) is 0 Å². The lowest BCUT2D eigenvalue weighted by Crippen LogP contribution is -2.16. The summed E-state index contributed by atoms with van der Waals surface area (Å²) in [6, 6.07) is 0. The van der Waals surface area contributed by atoms with Crippen LogP contribution in [0.15, 0.2) is 12.2 Å². The summed E-state index contributed by atoms with van der Waals surface area (Å²) in [6.45, 7) is 11.8. The van der Waals surface area contributed by atoms with Gasteiger partial charge in [-0.25, -0.2) is 4.79 Å². The van der Waals surface area contributed by atoms with Crippen LogP contribution in [-0.4, -0.2) is 12.6 Å². The van der Waals surface area contributed by atoms with Crippen LogP contribution in [0.25, 0.3) is 0 Å². The van der Waals surface area contributed by atoms with E-state index in [0.29, 0.717) is 12.5 Å². The molecule has 2 nitrogen and oxygen atoms in total. The first-order chi connectivity index (χ1) is 23.7. The van der Waals surface area contributed by atoms with E-state index in [-0.39, 0.29) is 5.97 Å². The number of hydrogen-bond acceptors (Lipinski definition) is 2. The normalized spacial score (nSPS) is 12.1. The molecule has 2 heteroatoms. The number of carbonyl (C=O) groups is 1. The smallest absolute Gasteiger partial charge is 0.333 e. The average Bonchev–Trinajstić information content (AvgIpc) is 3.09. The molecule has 0 N–H and O–H groups in total. The van der Waals surface area contributed by atoms with Crippen LogP contribution in [-0.2, 0) is 9.53 Å². The van der Waals surface area contributed by atoms with Crippen LogP contribution in [0.5, 0.6) is 0 Å². The molecule has 0 aliphatic carbocycles. The fourth-order valence-electron chi connectivity index (χ4n) is 7.32. The number of hydrogen-bond donors (Lipinski definition) is 0. The standard InChI is InChI=1S/C46H90O2/c1-5-8-11-14-17-20-23-25-26-28-31-34-37-40-43-48-46(47)44(4)45(41-38-35-32-29-22-19-16-13-10-7-3)42-39-36-33-30-27-24-21-18-15-12-9-6-2/h45H,4-43H2,1-3H3. The zero-order chi connectivity index (χ0) is 35.0. The Balaban J connectivity index is 4.15. The van der Waals surface area contributed by atoms with Crippen molar-refractivity contribution in [2.24, 2.45) is 5.92 Å². The van der Waals surface area contributed by atoms with Gasteiger partial charge in [-0.3, -0.25) is 0 Å². The topological polar surface area (TPSA) is 26.3 Å². The third kappa shape index (κ3) is 35.1. The quantitative estimate of drug-likeness (QED) is 0.0366. The Bertz CT molecular complexity index is 640. The molecule has 0 saturated heterocycles. The molecule has 0 spiro atoms. The number of unbranched alkanes of at least 4 members (excludes halogenated alkanes) is 33. The second-order valence-corrected chi connectivity index (χ2v) is 15.6. The fraction of sp³-hybridized carbons (Fsp3) is 0.935. The van der Waals surface area contributed by atoms with E-state index in [4.69, 9.17) is 4.74 Å². The number of esters is 1. The lowest BCUT2D eigenvalue weighted by atomic mass is 9.88. The third-order valence-corrected chi connectivity index (χ3v) is 10.8. The highest BCUT2D eigenvalue weighted by Gasteiger charge is 2.20. The first-order valence-corrected chi connectivity index (χ1v) is 22.5. The number of carbonyl (C=O) groups excluding carboxylic acids is 1. The molecule has 0 radical (unpaired) electrons. The minimum Gasteiger partial charge on any atom is -0.462 e. The van der Waals surface area contributed by atoms with Gasteiger partial charge >= 0.3 is 5.97 Å². The van der Waals surface area contributed by atoms with Crippen molar-refractivity contribution in [2.75, 3.05) is 6.61 Å². The van der Waals surface area contributed by atoms with E-state index < -0.39 is 0 Å². The average molecular weight is 675 g/mol. The van der Waals surface area contributed by atoms with Crippen LogP contribution in [0.1, 0.15) is 265 Å². The molecule has 0 bridgehead atoms. The van der Waals surface area contributed by atoms with E-state index >= 15 is 0 Å². The van der Waals surface area contributed by atoms with Crippen molar-refractivity contribution in [1.29, 1.82) is 0 Å². The molecule has 1 unspecified atom stereocenters. The third-order valence-electron chi connectivity index (χ3n) is 10.8. The van der Waals surface area contributed by atoms with E-state index in [9.17, 15) is 4.79 Å². The van der Waals surface area contributed by atoms with Crippen molar-refractivity contribution in [1.82, 2.24) is 0 Å². The van der Waals surface area contributed by atoms with Gasteiger partial charge in [-0.15, -0.1) is 0 Å². The molecule has 0 heterocycles. The predicted molar refractivity (Wildman–Crippen MR) is 216 cm³/mol. The maximum atomic E-state index is 13.0. The molecule has 1 atom stereocenters. The summed E-state index contributed by atoms with van der Waals surface area (Å²) in [6.07, 6.45) is 51.2. The van der Waals surface area contributed by atoms with Gasteiger partial charge in [0.2, 0.25) is 0 Å². The Hall–Kier alpha value is -0.790. The largest absolute Gasteiger partial charge is 0.462 e. The summed E-state index contributed by atoms with van der Waals surface area (Å²) in [5, 5.41) is 0. The Morgan fingerprint density at radius 2 is 0.604 bits per heavy atom. The van der Waals surface area contributed by atoms with Crippen LogP contribution in [0.4, 0.5) is 0 Å². The molecule has 0 saturated carbocycles. The van der Waals surface area contributed by atoms with Crippen molar-refractivity contribution in [3.05, 3.63) is 12.2 Å². The SMILES string of the molecule is C=C(C(=O)OCCCCCCCCCCCCCCCC)C(CCCCCCCCCCCC)CCCCCCCCCCCCCC. The number of ether oxygens (including phenoxy) is 1. The molecule has 0 aromatic heterocycles. The first kappa shape index (κ1) is 47.2. The molecule has 0 aliphatic rings. The predicted octanol–water partition coefficient (Wildman–Crippen LogP) is 16.6. The van der Waals surface area contributed by atoms with Crippen LogP contribution < -0.4 is 0 Å². The van der Waals surface area contributed by atoms with Crippen molar-refractivity contribution < 1.29 is 9.53 Å². The van der Waals surface area contributed by atoms with Gasteiger partial charge in [0, 0.05) is 5.57 Å². The Morgan fingerprint density at radius 1 is 0.375 bits per heavy atom.